The van der Waals surface area contributed by atoms with Crippen LogP contribution in [0.1, 0.15) is 5.56 Å². The lowest BCUT2D eigenvalue weighted by molar-refractivity contribution is 0.262. The maximum Gasteiger partial charge on any atom is 0.323 e. The maximum atomic E-state index is 11.8. The summed E-state index contributed by atoms with van der Waals surface area (Å²) in [5.74, 6) is -0.393. The zero-order valence-electron chi connectivity index (χ0n) is 10.8. The highest BCUT2D eigenvalue weighted by Crippen LogP contribution is 2.11. The summed E-state index contributed by atoms with van der Waals surface area (Å²) in [6, 6.07) is 13.0. The summed E-state index contributed by atoms with van der Waals surface area (Å²) in [4.78, 5) is 23.0. The predicted octanol–water partition coefficient (Wildman–Crippen LogP) is 2.27. The van der Waals surface area contributed by atoms with Crippen molar-refractivity contribution in [3.63, 3.8) is 0 Å². The first-order chi connectivity index (χ1) is 10.1. The molecule has 6 nitrogen and oxygen atoms in total. The zero-order chi connectivity index (χ0) is 15.2. The van der Waals surface area contributed by atoms with Crippen LogP contribution in [0.3, 0.4) is 0 Å². The Labute approximate surface area is 120 Å². The van der Waals surface area contributed by atoms with Gasteiger partial charge in [0.2, 0.25) is 5.43 Å². The fourth-order valence-corrected chi connectivity index (χ4v) is 1.56. The lowest BCUT2D eigenvalue weighted by atomic mass is 10.2. The highest BCUT2D eigenvalue weighted by atomic mass is 16.3. The molecule has 2 amide bonds. The SMILES string of the molecule is N#Cc1ccc(NC(=O)Nc2ccc(O)c(=O)cc2)cc1. The Morgan fingerprint density at radius 1 is 0.952 bits per heavy atom. The largest absolute Gasteiger partial charge is 0.504 e. The Kier molecular flexibility index (Phi) is 4.17. The van der Waals surface area contributed by atoms with Gasteiger partial charge in [-0.3, -0.25) is 4.79 Å². The van der Waals surface area contributed by atoms with Crippen LogP contribution in [0.15, 0.2) is 53.3 Å². The van der Waals surface area contributed by atoms with Gasteiger partial charge in [-0.1, -0.05) is 0 Å². The number of nitrogens with one attached hydrogen (secondary N) is 2. The van der Waals surface area contributed by atoms with Gasteiger partial charge in [-0.25, -0.2) is 4.79 Å². The number of benzene rings is 1. The molecule has 0 unspecified atom stereocenters. The van der Waals surface area contributed by atoms with Crippen LogP contribution in [0.5, 0.6) is 5.75 Å². The molecule has 0 aliphatic heterocycles. The number of urea groups is 1. The van der Waals surface area contributed by atoms with E-state index in [-0.39, 0.29) is 0 Å². The highest BCUT2D eigenvalue weighted by molar-refractivity contribution is 5.99. The van der Waals surface area contributed by atoms with Crippen LogP contribution in [0.4, 0.5) is 16.2 Å². The molecule has 0 spiro atoms. The first-order valence-corrected chi connectivity index (χ1v) is 6.00. The third-order valence-electron chi connectivity index (χ3n) is 2.62. The van der Waals surface area contributed by atoms with Gasteiger partial charge in [-0.15, -0.1) is 0 Å². The maximum absolute atomic E-state index is 11.8. The topological polar surface area (TPSA) is 102 Å². The summed E-state index contributed by atoms with van der Waals surface area (Å²) in [5, 5.41) is 23.0. The lowest BCUT2D eigenvalue weighted by Crippen LogP contribution is -2.19. The third-order valence-corrected chi connectivity index (χ3v) is 2.62. The van der Waals surface area contributed by atoms with Crippen LogP contribution >= 0.6 is 0 Å². The summed E-state index contributed by atoms with van der Waals surface area (Å²) in [7, 11) is 0. The Morgan fingerprint density at radius 3 is 2.05 bits per heavy atom. The molecule has 0 bridgehead atoms. The van der Waals surface area contributed by atoms with Crippen molar-refractivity contribution in [3.8, 4) is 11.8 Å². The van der Waals surface area contributed by atoms with E-state index in [2.05, 4.69) is 10.6 Å². The summed E-state index contributed by atoms with van der Waals surface area (Å²) in [5.41, 5.74) is 0.850. The number of hydrogen-bond donors (Lipinski definition) is 3. The van der Waals surface area contributed by atoms with E-state index in [1.54, 1.807) is 24.3 Å². The fourth-order valence-electron chi connectivity index (χ4n) is 1.56. The van der Waals surface area contributed by atoms with Gasteiger partial charge in [0.25, 0.3) is 0 Å². The van der Waals surface area contributed by atoms with Crippen LogP contribution < -0.4 is 16.1 Å². The molecule has 21 heavy (non-hydrogen) atoms. The first kappa shape index (κ1) is 14.1. The predicted molar refractivity (Wildman–Crippen MR) is 78.2 cm³/mol. The molecule has 104 valence electrons. The summed E-state index contributed by atoms with van der Waals surface area (Å²) in [6.45, 7) is 0. The summed E-state index contributed by atoms with van der Waals surface area (Å²) < 4.78 is 0. The quantitative estimate of drug-likeness (QED) is 0.785. The van der Waals surface area contributed by atoms with E-state index in [1.165, 1.54) is 18.2 Å². The van der Waals surface area contributed by atoms with Crippen molar-refractivity contribution in [3.05, 3.63) is 64.3 Å². The number of anilines is 2. The van der Waals surface area contributed by atoms with Gasteiger partial charge in [0.1, 0.15) is 0 Å². The fraction of sp³-hybridized carbons (Fsp3) is 0. The normalized spacial score (nSPS) is 9.48. The molecule has 0 heterocycles. The molecule has 2 rings (SSSR count). The Balaban J connectivity index is 2.06. The standard InChI is InChI=1S/C15H11N3O3/c16-9-10-1-3-11(4-2-10)17-15(21)18-12-5-7-13(19)14(20)8-6-12/h1-8H,(H,19,20)(H2,17,18,21). The van der Waals surface area contributed by atoms with Crippen LogP contribution in [-0.4, -0.2) is 11.1 Å². The Hall–Kier alpha value is -3.33. The number of nitriles is 1. The minimum absolute atomic E-state index is 0.360. The van der Waals surface area contributed by atoms with E-state index in [4.69, 9.17) is 5.26 Å². The monoisotopic (exact) mass is 281 g/mol. The molecule has 0 radical (unpaired) electrons. The van der Waals surface area contributed by atoms with E-state index in [9.17, 15) is 14.7 Å². The second-order valence-electron chi connectivity index (χ2n) is 4.14. The Morgan fingerprint density at radius 2 is 1.48 bits per heavy atom. The molecule has 6 heteroatoms. The molecule has 0 aliphatic carbocycles. The van der Waals surface area contributed by atoms with Crippen molar-refractivity contribution < 1.29 is 9.90 Å². The number of carbonyl (C=O) groups is 1. The van der Waals surface area contributed by atoms with Gasteiger partial charge in [0, 0.05) is 11.4 Å². The Bertz CT molecular complexity index is 764. The highest BCUT2D eigenvalue weighted by Gasteiger charge is 2.03. The molecule has 2 aromatic carbocycles. The number of hydrogen-bond acceptors (Lipinski definition) is 4. The second-order valence-corrected chi connectivity index (χ2v) is 4.14. The second kappa shape index (κ2) is 6.21. The lowest BCUT2D eigenvalue weighted by Gasteiger charge is -2.06. The average molecular weight is 281 g/mol. The van der Waals surface area contributed by atoms with Crippen molar-refractivity contribution in [1.29, 1.82) is 5.26 Å². The third kappa shape index (κ3) is 3.81. The molecule has 0 atom stereocenters. The smallest absolute Gasteiger partial charge is 0.323 e. The van der Waals surface area contributed by atoms with E-state index in [1.807, 2.05) is 6.07 Å². The van der Waals surface area contributed by atoms with Crippen molar-refractivity contribution >= 4 is 17.4 Å². The minimum Gasteiger partial charge on any atom is -0.504 e. The van der Waals surface area contributed by atoms with Crippen LogP contribution in [0.2, 0.25) is 0 Å². The van der Waals surface area contributed by atoms with Crippen molar-refractivity contribution in [2.24, 2.45) is 0 Å². The molecule has 0 aromatic heterocycles. The zero-order valence-corrected chi connectivity index (χ0v) is 10.8. The van der Waals surface area contributed by atoms with E-state index < -0.39 is 17.2 Å². The molecule has 0 fully saturated rings. The molecular weight excluding hydrogens is 270 g/mol. The van der Waals surface area contributed by atoms with Crippen molar-refractivity contribution in [2.45, 2.75) is 0 Å². The van der Waals surface area contributed by atoms with Gasteiger partial charge in [-0.2, -0.15) is 5.26 Å². The number of nitrogens with zero attached hydrogens (tertiary/aromatic N) is 1. The molecule has 2 aromatic rings. The molecule has 0 saturated carbocycles. The van der Waals surface area contributed by atoms with Crippen LogP contribution in [-0.2, 0) is 0 Å². The first-order valence-electron chi connectivity index (χ1n) is 6.00. The van der Waals surface area contributed by atoms with Gasteiger partial charge in [-0.05, 0) is 48.5 Å². The number of amides is 2. The summed E-state index contributed by atoms with van der Waals surface area (Å²) >= 11 is 0. The van der Waals surface area contributed by atoms with E-state index in [0.29, 0.717) is 16.9 Å². The van der Waals surface area contributed by atoms with Crippen LogP contribution in [0, 0.1) is 11.3 Å². The number of carbonyl (C=O) groups excluding carboxylic acids is 1. The summed E-state index contributed by atoms with van der Waals surface area (Å²) in [6.07, 6.45) is 0. The minimum atomic E-state index is -0.532. The van der Waals surface area contributed by atoms with Gasteiger partial charge < -0.3 is 15.7 Å². The average Bonchev–Trinajstić information content (AvgIpc) is 2.64. The van der Waals surface area contributed by atoms with E-state index in [0.717, 1.165) is 6.07 Å². The molecule has 0 aliphatic rings. The van der Waals surface area contributed by atoms with Crippen molar-refractivity contribution in [1.82, 2.24) is 0 Å². The molecular formula is C15H11N3O3. The van der Waals surface area contributed by atoms with Gasteiger partial charge in [0.05, 0.1) is 11.6 Å². The van der Waals surface area contributed by atoms with E-state index >= 15 is 0 Å². The molecule has 3 N–H and O–H groups in total. The van der Waals surface area contributed by atoms with Crippen LogP contribution in [0.25, 0.3) is 0 Å². The number of aromatic hydroxyl groups is 1. The van der Waals surface area contributed by atoms with Gasteiger partial charge in [0.15, 0.2) is 5.75 Å². The van der Waals surface area contributed by atoms with Crippen molar-refractivity contribution in [2.75, 3.05) is 10.6 Å². The van der Waals surface area contributed by atoms with Gasteiger partial charge >= 0.3 is 6.03 Å². The number of rotatable bonds is 2. The molecule has 0 saturated heterocycles.